The van der Waals surface area contributed by atoms with Crippen molar-refractivity contribution in [2.24, 2.45) is 4.99 Å². The van der Waals surface area contributed by atoms with E-state index in [2.05, 4.69) is 50.9 Å². The standard InChI is InChI=1S/C25H36N4O3/c1-4-26-25(28-17-23(30)22-15-21(31-2)12-13-24(22)32-3)27-16-20-11-8-14-29(20)18-19-9-6-5-7-10-19/h5-7,9-10,12-13,15,20,23,30H,4,8,11,14,16-18H2,1-3H3,(H2,26,27,28). The summed E-state index contributed by atoms with van der Waals surface area (Å²) in [6.45, 7) is 5.91. The molecule has 1 aliphatic heterocycles. The van der Waals surface area contributed by atoms with Crippen molar-refractivity contribution >= 4 is 5.96 Å². The smallest absolute Gasteiger partial charge is 0.191 e. The van der Waals surface area contributed by atoms with Crippen molar-refractivity contribution in [3.05, 3.63) is 59.7 Å². The molecule has 0 saturated carbocycles. The van der Waals surface area contributed by atoms with Gasteiger partial charge in [-0.15, -0.1) is 0 Å². The second-order valence-corrected chi connectivity index (χ2v) is 7.98. The SMILES string of the molecule is CCNC(=NCC(O)c1cc(OC)ccc1OC)NCC1CCCN1Cc1ccccc1. The number of aliphatic hydroxyl groups excluding tert-OH is 1. The van der Waals surface area contributed by atoms with Gasteiger partial charge in [-0.25, -0.2) is 0 Å². The van der Waals surface area contributed by atoms with Crippen LogP contribution in [0.15, 0.2) is 53.5 Å². The topological polar surface area (TPSA) is 78.4 Å². The highest BCUT2D eigenvalue weighted by Gasteiger charge is 2.24. The maximum atomic E-state index is 10.7. The van der Waals surface area contributed by atoms with Crippen LogP contribution in [0.5, 0.6) is 11.5 Å². The van der Waals surface area contributed by atoms with Gasteiger partial charge in [0, 0.05) is 31.2 Å². The zero-order valence-electron chi connectivity index (χ0n) is 19.4. The van der Waals surface area contributed by atoms with Gasteiger partial charge in [0.2, 0.25) is 0 Å². The number of hydrogen-bond donors (Lipinski definition) is 3. The Morgan fingerprint density at radius 2 is 1.97 bits per heavy atom. The highest BCUT2D eigenvalue weighted by Crippen LogP contribution is 2.29. The predicted molar refractivity (Wildman–Crippen MR) is 128 cm³/mol. The van der Waals surface area contributed by atoms with Crippen molar-refractivity contribution in [3.8, 4) is 11.5 Å². The molecule has 3 N–H and O–H groups in total. The third-order valence-corrected chi connectivity index (χ3v) is 5.80. The van der Waals surface area contributed by atoms with Crippen LogP contribution in [0, 0.1) is 0 Å². The highest BCUT2D eigenvalue weighted by atomic mass is 16.5. The lowest BCUT2D eigenvalue weighted by Gasteiger charge is -2.25. The first-order valence-corrected chi connectivity index (χ1v) is 11.3. The molecule has 3 rings (SSSR count). The number of likely N-dealkylation sites (tertiary alicyclic amines) is 1. The minimum absolute atomic E-state index is 0.220. The quantitative estimate of drug-likeness (QED) is 0.390. The summed E-state index contributed by atoms with van der Waals surface area (Å²) in [5, 5.41) is 17.5. The Bertz CT molecular complexity index is 860. The Labute approximate surface area is 191 Å². The molecule has 2 unspecified atom stereocenters. The summed E-state index contributed by atoms with van der Waals surface area (Å²) >= 11 is 0. The minimum atomic E-state index is -0.795. The Morgan fingerprint density at radius 3 is 2.69 bits per heavy atom. The number of benzene rings is 2. The van der Waals surface area contributed by atoms with Crippen LogP contribution >= 0.6 is 0 Å². The fraction of sp³-hybridized carbons (Fsp3) is 0.480. The lowest BCUT2D eigenvalue weighted by molar-refractivity contribution is 0.182. The third-order valence-electron chi connectivity index (χ3n) is 5.80. The highest BCUT2D eigenvalue weighted by molar-refractivity contribution is 5.79. The van der Waals surface area contributed by atoms with Crippen LogP contribution in [-0.4, -0.2) is 62.4 Å². The Balaban J connectivity index is 1.60. The van der Waals surface area contributed by atoms with Gasteiger partial charge in [0.1, 0.15) is 17.6 Å². The fourth-order valence-electron chi connectivity index (χ4n) is 4.08. The summed E-state index contributed by atoms with van der Waals surface area (Å²) in [6, 6.07) is 16.5. The van der Waals surface area contributed by atoms with E-state index in [9.17, 15) is 5.11 Å². The number of aliphatic hydroxyl groups is 1. The second kappa shape index (κ2) is 12.3. The molecule has 1 aliphatic rings. The summed E-state index contributed by atoms with van der Waals surface area (Å²) in [4.78, 5) is 7.15. The number of guanidine groups is 1. The van der Waals surface area contributed by atoms with Gasteiger partial charge in [-0.3, -0.25) is 9.89 Å². The van der Waals surface area contributed by atoms with Crippen LogP contribution in [0.1, 0.15) is 37.0 Å². The van der Waals surface area contributed by atoms with Crippen molar-refractivity contribution in [1.29, 1.82) is 0 Å². The summed E-state index contributed by atoms with van der Waals surface area (Å²) in [6.07, 6.45) is 1.58. The van der Waals surface area contributed by atoms with E-state index in [1.165, 1.54) is 18.4 Å². The van der Waals surface area contributed by atoms with E-state index in [0.717, 1.165) is 26.2 Å². The Kier molecular flexibility index (Phi) is 9.19. The molecular formula is C25H36N4O3. The van der Waals surface area contributed by atoms with E-state index in [4.69, 9.17) is 9.47 Å². The van der Waals surface area contributed by atoms with Gasteiger partial charge in [0.25, 0.3) is 0 Å². The van der Waals surface area contributed by atoms with Gasteiger partial charge < -0.3 is 25.2 Å². The molecule has 1 heterocycles. The monoisotopic (exact) mass is 440 g/mol. The number of rotatable bonds is 10. The summed E-state index contributed by atoms with van der Waals surface area (Å²) in [7, 11) is 3.20. The molecule has 2 aromatic carbocycles. The van der Waals surface area contributed by atoms with Gasteiger partial charge >= 0.3 is 0 Å². The number of methoxy groups -OCH3 is 2. The molecule has 1 fully saturated rings. The van der Waals surface area contributed by atoms with Crippen LogP contribution in [0.3, 0.4) is 0 Å². The van der Waals surface area contributed by atoms with Crippen molar-refractivity contribution in [2.75, 3.05) is 40.4 Å². The normalized spacial score (nSPS) is 17.8. The van der Waals surface area contributed by atoms with Crippen LogP contribution in [0.4, 0.5) is 0 Å². The van der Waals surface area contributed by atoms with E-state index < -0.39 is 6.10 Å². The van der Waals surface area contributed by atoms with Gasteiger partial charge in [-0.2, -0.15) is 0 Å². The van der Waals surface area contributed by atoms with Crippen LogP contribution in [0.25, 0.3) is 0 Å². The minimum Gasteiger partial charge on any atom is -0.497 e. The first-order valence-electron chi connectivity index (χ1n) is 11.3. The van der Waals surface area contributed by atoms with E-state index in [1.54, 1.807) is 26.4 Å². The first-order chi connectivity index (χ1) is 15.6. The number of ether oxygens (including phenoxy) is 2. The van der Waals surface area contributed by atoms with E-state index in [-0.39, 0.29) is 6.54 Å². The molecule has 0 radical (unpaired) electrons. The maximum Gasteiger partial charge on any atom is 0.191 e. The van der Waals surface area contributed by atoms with Crippen molar-refractivity contribution in [1.82, 2.24) is 15.5 Å². The molecule has 0 bridgehead atoms. The molecule has 2 aromatic rings. The molecule has 0 amide bonds. The van der Waals surface area contributed by atoms with E-state index in [0.29, 0.717) is 29.1 Å². The molecule has 7 heteroatoms. The molecule has 32 heavy (non-hydrogen) atoms. The second-order valence-electron chi connectivity index (χ2n) is 7.98. The number of nitrogens with zero attached hydrogens (tertiary/aromatic N) is 2. The molecule has 2 atom stereocenters. The summed E-state index contributed by atoms with van der Waals surface area (Å²) in [5.41, 5.74) is 2.01. The molecule has 1 saturated heterocycles. The molecule has 7 nitrogen and oxygen atoms in total. The fourth-order valence-corrected chi connectivity index (χ4v) is 4.08. The Hall–Kier alpha value is -2.77. The average molecular weight is 441 g/mol. The summed E-state index contributed by atoms with van der Waals surface area (Å²) < 4.78 is 10.7. The predicted octanol–water partition coefficient (Wildman–Crippen LogP) is 2.96. The van der Waals surface area contributed by atoms with E-state index in [1.807, 2.05) is 13.0 Å². The largest absolute Gasteiger partial charge is 0.497 e. The van der Waals surface area contributed by atoms with Gasteiger partial charge in [-0.1, -0.05) is 30.3 Å². The molecular weight excluding hydrogens is 404 g/mol. The first kappa shape index (κ1) is 23.9. The molecule has 0 aliphatic carbocycles. The zero-order chi connectivity index (χ0) is 22.8. The van der Waals surface area contributed by atoms with Crippen molar-refractivity contribution in [3.63, 3.8) is 0 Å². The summed E-state index contributed by atoms with van der Waals surface area (Å²) in [5.74, 6) is 2.00. The average Bonchev–Trinajstić information content (AvgIpc) is 3.27. The zero-order valence-corrected chi connectivity index (χ0v) is 19.4. The van der Waals surface area contributed by atoms with E-state index >= 15 is 0 Å². The molecule has 174 valence electrons. The molecule has 0 spiro atoms. The third kappa shape index (κ3) is 6.61. The van der Waals surface area contributed by atoms with Gasteiger partial charge in [0.05, 0.1) is 20.8 Å². The lowest BCUT2D eigenvalue weighted by Crippen LogP contribution is -2.44. The van der Waals surface area contributed by atoms with Crippen molar-refractivity contribution in [2.45, 2.75) is 38.5 Å². The van der Waals surface area contributed by atoms with Gasteiger partial charge in [-0.05, 0) is 50.1 Å². The lowest BCUT2D eigenvalue weighted by atomic mass is 10.1. The van der Waals surface area contributed by atoms with Crippen molar-refractivity contribution < 1.29 is 14.6 Å². The number of nitrogens with one attached hydrogen (secondary N) is 2. The van der Waals surface area contributed by atoms with Gasteiger partial charge in [0.15, 0.2) is 5.96 Å². The number of aliphatic imine (C=N–C) groups is 1. The number of hydrogen-bond acceptors (Lipinski definition) is 5. The maximum absolute atomic E-state index is 10.7. The van der Waals surface area contributed by atoms with Crippen LogP contribution in [0.2, 0.25) is 0 Å². The Morgan fingerprint density at radius 1 is 1.16 bits per heavy atom. The van der Waals surface area contributed by atoms with Crippen LogP contribution in [-0.2, 0) is 6.54 Å². The molecule has 0 aromatic heterocycles. The van der Waals surface area contributed by atoms with Crippen LogP contribution < -0.4 is 20.1 Å².